The molecule has 3 N–H and O–H groups in total. The van der Waals surface area contributed by atoms with Crippen LogP contribution >= 0.6 is 0 Å². The second-order valence-electron chi connectivity index (χ2n) is 6.49. The molecule has 118 valence electrons. The smallest absolute Gasteiger partial charge is 0.145 e. The molecule has 6 heteroatoms. The van der Waals surface area contributed by atoms with Crippen molar-refractivity contribution in [1.82, 2.24) is 9.97 Å². The van der Waals surface area contributed by atoms with Gasteiger partial charge in [0.25, 0.3) is 0 Å². The van der Waals surface area contributed by atoms with Crippen molar-refractivity contribution < 1.29 is 4.74 Å². The Bertz CT molecular complexity index is 470. The fourth-order valence-electron chi connectivity index (χ4n) is 2.52. The quantitative estimate of drug-likeness (QED) is 0.654. The molecule has 21 heavy (non-hydrogen) atoms. The maximum absolute atomic E-state index is 5.76. The van der Waals surface area contributed by atoms with Gasteiger partial charge in [-0.1, -0.05) is 20.8 Å². The number of nitrogens with two attached hydrogens (primary N) is 1. The third kappa shape index (κ3) is 4.04. The molecule has 0 bridgehead atoms. The van der Waals surface area contributed by atoms with E-state index in [4.69, 9.17) is 15.6 Å². The standard InChI is InChI=1S/C15H27N5O/c1-5-21-11-7-6-8-20(10-11)13-9-12(19-16)17-14(18-13)15(2,3)4/h9,11H,5-8,10,16H2,1-4H3,(H,17,18,19). The minimum atomic E-state index is -0.114. The van der Waals surface area contributed by atoms with E-state index in [0.717, 1.165) is 44.2 Å². The minimum absolute atomic E-state index is 0.114. The zero-order valence-electron chi connectivity index (χ0n) is 13.5. The Balaban J connectivity index is 2.25. The van der Waals surface area contributed by atoms with Gasteiger partial charge in [-0.2, -0.15) is 0 Å². The summed E-state index contributed by atoms with van der Waals surface area (Å²) in [5.41, 5.74) is 2.53. The van der Waals surface area contributed by atoms with Crippen LogP contribution in [0.15, 0.2) is 6.07 Å². The highest BCUT2D eigenvalue weighted by molar-refractivity contribution is 5.49. The predicted octanol–water partition coefficient (Wildman–Crippen LogP) is 2.06. The lowest BCUT2D eigenvalue weighted by Gasteiger charge is -2.34. The van der Waals surface area contributed by atoms with Crippen LogP contribution in [0.4, 0.5) is 11.6 Å². The van der Waals surface area contributed by atoms with E-state index in [1.54, 1.807) is 0 Å². The summed E-state index contributed by atoms with van der Waals surface area (Å²) in [4.78, 5) is 11.5. The number of ether oxygens (including phenoxy) is 1. The highest BCUT2D eigenvalue weighted by Crippen LogP contribution is 2.26. The van der Waals surface area contributed by atoms with E-state index >= 15 is 0 Å². The van der Waals surface area contributed by atoms with Gasteiger partial charge in [-0.15, -0.1) is 0 Å². The Morgan fingerprint density at radius 2 is 2.19 bits per heavy atom. The first-order valence-corrected chi connectivity index (χ1v) is 7.66. The third-order valence-corrected chi connectivity index (χ3v) is 3.64. The summed E-state index contributed by atoms with van der Waals surface area (Å²) >= 11 is 0. The number of nitrogen functional groups attached to an aromatic ring is 1. The molecule has 1 atom stereocenters. The number of hydrogen-bond acceptors (Lipinski definition) is 6. The molecule has 2 heterocycles. The van der Waals surface area contributed by atoms with Crippen LogP contribution in [0.25, 0.3) is 0 Å². The van der Waals surface area contributed by atoms with E-state index < -0.39 is 0 Å². The third-order valence-electron chi connectivity index (χ3n) is 3.64. The van der Waals surface area contributed by atoms with E-state index in [1.165, 1.54) is 0 Å². The van der Waals surface area contributed by atoms with E-state index in [1.807, 2.05) is 13.0 Å². The first-order valence-electron chi connectivity index (χ1n) is 7.66. The van der Waals surface area contributed by atoms with Gasteiger partial charge in [-0.25, -0.2) is 15.8 Å². The van der Waals surface area contributed by atoms with Gasteiger partial charge < -0.3 is 15.1 Å². The van der Waals surface area contributed by atoms with Crippen molar-refractivity contribution in [2.24, 2.45) is 5.84 Å². The summed E-state index contributed by atoms with van der Waals surface area (Å²) in [6.07, 6.45) is 2.51. The number of hydrogen-bond donors (Lipinski definition) is 2. The maximum atomic E-state index is 5.76. The molecule has 2 rings (SSSR count). The van der Waals surface area contributed by atoms with E-state index in [2.05, 4.69) is 36.1 Å². The number of piperidine rings is 1. The highest BCUT2D eigenvalue weighted by atomic mass is 16.5. The molecule has 0 radical (unpaired) electrons. The monoisotopic (exact) mass is 293 g/mol. The number of nitrogens with one attached hydrogen (secondary N) is 1. The predicted molar refractivity (Wildman–Crippen MR) is 85.4 cm³/mol. The molecular formula is C15H27N5O. The first kappa shape index (κ1) is 16.0. The van der Waals surface area contributed by atoms with Crippen LogP contribution < -0.4 is 16.2 Å². The fourth-order valence-corrected chi connectivity index (χ4v) is 2.52. The summed E-state index contributed by atoms with van der Waals surface area (Å²) in [5, 5.41) is 0. The molecule has 1 aliphatic heterocycles. The van der Waals surface area contributed by atoms with Crippen LogP contribution in [0.1, 0.15) is 46.4 Å². The summed E-state index contributed by atoms with van der Waals surface area (Å²) < 4.78 is 5.76. The normalized spacial score (nSPS) is 19.7. The Hall–Kier alpha value is -1.40. The Morgan fingerprint density at radius 1 is 1.43 bits per heavy atom. The Labute approximate surface area is 127 Å². The molecule has 1 aliphatic rings. The molecule has 1 aromatic heterocycles. The number of nitrogens with zero attached hydrogens (tertiary/aromatic N) is 3. The molecule has 1 aromatic rings. The van der Waals surface area contributed by atoms with Crippen molar-refractivity contribution in [1.29, 1.82) is 0 Å². The van der Waals surface area contributed by atoms with E-state index in [0.29, 0.717) is 5.82 Å². The van der Waals surface area contributed by atoms with Crippen molar-refractivity contribution in [3.05, 3.63) is 11.9 Å². The van der Waals surface area contributed by atoms with Gasteiger partial charge in [0.15, 0.2) is 0 Å². The molecule has 0 spiro atoms. The number of hydrazine groups is 1. The molecule has 1 saturated heterocycles. The molecule has 0 amide bonds. The zero-order valence-corrected chi connectivity index (χ0v) is 13.5. The lowest BCUT2D eigenvalue weighted by Crippen LogP contribution is -2.40. The Kier molecular flexibility index (Phi) is 5.00. The number of aromatic nitrogens is 2. The first-order chi connectivity index (χ1) is 9.94. The van der Waals surface area contributed by atoms with E-state index in [9.17, 15) is 0 Å². The lowest BCUT2D eigenvalue weighted by atomic mass is 9.95. The molecule has 0 aliphatic carbocycles. The van der Waals surface area contributed by atoms with Gasteiger partial charge in [0, 0.05) is 31.2 Å². The van der Waals surface area contributed by atoms with Crippen molar-refractivity contribution in [3.63, 3.8) is 0 Å². The fraction of sp³-hybridized carbons (Fsp3) is 0.733. The zero-order chi connectivity index (χ0) is 15.5. The van der Waals surface area contributed by atoms with Crippen LogP contribution in [-0.2, 0) is 10.2 Å². The van der Waals surface area contributed by atoms with Crippen molar-refractivity contribution >= 4 is 11.6 Å². The van der Waals surface area contributed by atoms with Crippen LogP contribution in [0.3, 0.4) is 0 Å². The second kappa shape index (κ2) is 6.58. The minimum Gasteiger partial charge on any atom is -0.377 e. The summed E-state index contributed by atoms with van der Waals surface area (Å²) in [6, 6.07) is 1.91. The average molecular weight is 293 g/mol. The number of anilines is 2. The van der Waals surface area contributed by atoms with Gasteiger partial charge in [0.1, 0.15) is 17.5 Å². The molecule has 0 aromatic carbocycles. The van der Waals surface area contributed by atoms with Crippen molar-refractivity contribution in [3.8, 4) is 0 Å². The van der Waals surface area contributed by atoms with Gasteiger partial charge in [-0.05, 0) is 19.8 Å². The van der Waals surface area contributed by atoms with Gasteiger partial charge in [0.2, 0.25) is 0 Å². The van der Waals surface area contributed by atoms with E-state index in [-0.39, 0.29) is 11.5 Å². The highest BCUT2D eigenvalue weighted by Gasteiger charge is 2.24. The van der Waals surface area contributed by atoms with Crippen LogP contribution in [0, 0.1) is 0 Å². The molecule has 6 nitrogen and oxygen atoms in total. The van der Waals surface area contributed by atoms with Gasteiger partial charge in [0.05, 0.1) is 6.10 Å². The summed E-state index contributed by atoms with van der Waals surface area (Å²) in [7, 11) is 0. The average Bonchev–Trinajstić information content (AvgIpc) is 2.46. The van der Waals surface area contributed by atoms with Gasteiger partial charge >= 0.3 is 0 Å². The summed E-state index contributed by atoms with van der Waals surface area (Å²) in [5.74, 6) is 7.93. The SMILES string of the molecule is CCOC1CCCN(c2cc(NN)nc(C(C)(C)C)n2)C1. The topological polar surface area (TPSA) is 76.3 Å². The lowest BCUT2D eigenvalue weighted by molar-refractivity contribution is 0.0525. The van der Waals surface area contributed by atoms with Crippen molar-refractivity contribution in [2.45, 2.75) is 52.1 Å². The van der Waals surface area contributed by atoms with Crippen LogP contribution in [-0.4, -0.2) is 35.8 Å². The van der Waals surface area contributed by atoms with Crippen molar-refractivity contribution in [2.75, 3.05) is 30.0 Å². The maximum Gasteiger partial charge on any atom is 0.145 e. The molecule has 0 saturated carbocycles. The largest absolute Gasteiger partial charge is 0.377 e. The second-order valence-corrected chi connectivity index (χ2v) is 6.49. The molecule has 1 unspecified atom stereocenters. The van der Waals surface area contributed by atoms with Crippen LogP contribution in [0.2, 0.25) is 0 Å². The van der Waals surface area contributed by atoms with Crippen LogP contribution in [0.5, 0.6) is 0 Å². The molecule has 1 fully saturated rings. The summed E-state index contributed by atoms with van der Waals surface area (Å²) in [6.45, 7) is 11.0. The number of rotatable bonds is 4. The Morgan fingerprint density at radius 3 is 2.81 bits per heavy atom. The molecular weight excluding hydrogens is 266 g/mol. The van der Waals surface area contributed by atoms with Gasteiger partial charge in [-0.3, -0.25) is 0 Å².